The number of amides is 2. The monoisotopic (exact) mass is 553 g/mol. The first-order valence-corrected chi connectivity index (χ1v) is 13.7. The quantitative estimate of drug-likeness (QED) is 0.322. The van der Waals surface area contributed by atoms with E-state index in [0.29, 0.717) is 49.2 Å². The second-order valence-electron chi connectivity index (χ2n) is 9.13. The molecule has 2 aromatic carbocycles. The fourth-order valence-electron chi connectivity index (χ4n) is 4.50. The van der Waals surface area contributed by atoms with Crippen LogP contribution in [0.1, 0.15) is 18.4 Å². The van der Waals surface area contributed by atoms with E-state index in [-0.39, 0.29) is 18.1 Å². The Bertz CT molecular complexity index is 1360. The molecule has 2 amide bonds. The van der Waals surface area contributed by atoms with E-state index >= 15 is 0 Å². The van der Waals surface area contributed by atoms with E-state index < -0.39 is 0 Å². The number of rotatable bonds is 12. The Morgan fingerprint density at radius 1 is 1.18 bits per heavy atom. The number of nitrogens with zero attached hydrogens (tertiary/aromatic N) is 3. The van der Waals surface area contributed by atoms with Gasteiger partial charge in [0, 0.05) is 24.2 Å². The van der Waals surface area contributed by atoms with Crippen molar-refractivity contribution < 1.29 is 28.5 Å². The number of fused-ring (bicyclic) bond motifs is 2. The first-order chi connectivity index (χ1) is 19.1. The van der Waals surface area contributed by atoms with Gasteiger partial charge in [0.1, 0.15) is 29.5 Å². The van der Waals surface area contributed by atoms with Gasteiger partial charge in [0.15, 0.2) is 0 Å². The molecule has 1 saturated heterocycles. The SMILES string of the molecule is COCCOc1ccc(CNCCCC2CN(c3ccc4c(c3)NC(=O)CS4)C(=O)O2)c2nc(OC)cnc12. The molecule has 1 aromatic heterocycles. The van der Waals surface area contributed by atoms with Gasteiger partial charge in [-0.05, 0) is 49.2 Å². The van der Waals surface area contributed by atoms with Crippen LogP contribution in [0.25, 0.3) is 11.0 Å². The highest BCUT2D eigenvalue weighted by Crippen LogP contribution is 2.35. The maximum absolute atomic E-state index is 12.5. The summed E-state index contributed by atoms with van der Waals surface area (Å²) in [6.07, 6.45) is 2.57. The number of thioether (sulfide) groups is 1. The van der Waals surface area contributed by atoms with Gasteiger partial charge in [0.05, 0.1) is 37.9 Å². The lowest BCUT2D eigenvalue weighted by molar-refractivity contribution is -0.113. The maximum atomic E-state index is 12.5. The summed E-state index contributed by atoms with van der Waals surface area (Å²) in [6.45, 7) is 2.70. The third-order valence-corrected chi connectivity index (χ3v) is 7.53. The van der Waals surface area contributed by atoms with Crippen molar-refractivity contribution >= 4 is 46.2 Å². The van der Waals surface area contributed by atoms with Gasteiger partial charge >= 0.3 is 6.09 Å². The average Bonchev–Trinajstić information content (AvgIpc) is 3.33. The van der Waals surface area contributed by atoms with Gasteiger partial charge in [-0.2, -0.15) is 0 Å². The number of cyclic esters (lactones) is 1. The Hall–Kier alpha value is -3.61. The van der Waals surface area contributed by atoms with Crippen LogP contribution in [0.4, 0.5) is 16.2 Å². The molecule has 2 N–H and O–H groups in total. The van der Waals surface area contributed by atoms with Gasteiger partial charge in [0.2, 0.25) is 11.8 Å². The number of hydrogen-bond donors (Lipinski definition) is 2. The standard InChI is InChI=1S/C27H31N5O6S/c1-35-10-11-37-21-7-5-17(25-26(21)29-14-24(31-25)36-2)13-28-9-3-4-19-15-32(27(34)38-19)18-6-8-22-20(12-18)30-23(33)16-39-22/h5-8,12,14,19,28H,3-4,9-11,13,15-16H2,1-2H3,(H,30,33). The molecule has 0 aliphatic carbocycles. The minimum atomic E-state index is -0.366. The lowest BCUT2D eigenvalue weighted by Gasteiger charge is -2.20. The zero-order valence-corrected chi connectivity index (χ0v) is 22.7. The molecule has 1 atom stereocenters. The highest BCUT2D eigenvalue weighted by molar-refractivity contribution is 8.00. The number of ether oxygens (including phenoxy) is 4. The van der Waals surface area contributed by atoms with E-state index in [9.17, 15) is 9.59 Å². The van der Waals surface area contributed by atoms with E-state index in [0.717, 1.165) is 46.7 Å². The molecule has 206 valence electrons. The van der Waals surface area contributed by atoms with Crippen LogP contribution in [0.5, 0.6) is 11.6 Å². The molecule has 39 heavy (non-hydrogen) atoms. The summed E-state index contributed by atoms with van der Waals surface area (Å²) in [4.78, 5) is 36.0. The normalized spacial score (nSPS) is 16.7. The maximum Gasteiger partial charge on any atom is 0.414 e. The minimum Gasteiger partial charge on any atom is -0.489 e. The van der Waals surface area contributed by atoms with E-state index in [1.807, 2.05) is 30.3 Å². The molecule has 1 unspecified atom stereocenters. The molecule has 1 fully saturated rings. The number of hydrogen-bond acceptors (Lipinski definition) is 10. The number of nitrogens with one attached hydrogen (secondary N) is 2. The molecule has 0 spiro atoms. The molecule has 12 heteroatoms. The molecule has 3 heterocycles. The van der Waals surface area contributed by atoms with E-state index in [4.69, 9.17) is 18.9 Å². The largest absolute Gasteiger partial charge is 0.489 e. The van der Waals surface area contributed by atoms with Crippen molar-refractivity contribution in [3.05, 3.63) is 42.1 Å². The van der Waals surface area contributed by atoms with Crippen molar-refractivity contribution in [1.82, 2.24) is 15.3 Å². The van der Waals surface area contributed by atoms with Gasteiger partial charge < -0.3 is 29.6 Å². The predicted molar refractivity (Wildman–Crippen MR) is 148 cm³/mol. The Kier molecular flexibility index (Phi) is 8.64. The van der Waals surface area contributed by atoms with Crippen molar-refractivity contribution in [1.29, 1.82) is 0 Å². The molecular weight excluding hydrogens is 522 g/mol. The zero-order chi connectivity index (χ0) is 27.2. The highest BCUT2D eigenvalue weighted by Gasteiger charge is 2.32. The summed E-state index contributed by atoms with van der Waals surface area (Å²) in [5, 5.41) is 6.32. The van der Waals surface area contributed by atoms with Crippen LogP contribution in [-0.2, 0) is 20.8 Å². The number of carbonyl (C=O) groups excluding carboxylic acids is 2. The topological polar surface area (TPSA) is 124 Å². The Labute approximate surface area is 230 Å². The molecule has 5 rings (SSSR count). The first kappa shape index (κ1) is 27.0. The van der Waals surface area contributed by atoms with Crippen LogP contribution >= 0.6 is 11.8 Å². The van der Waals surface area contributed by atoms with Gasteiger partial charge in [0.25, 0.3) is 0 Å². The molecular formula is C27H31N5O6S. The fraction of sp³-hybridized carbons (Fsp3) is 0.407. The molecule has 2 aliphatic rings. The fourth-order valence-corrected chi connectivity index (χ4v) is 5.29. The molecule has 2 aliphatic heterocycles. The Morgan fingerprint density at radius 2 is 2.08 bits per heavy atom. The Morgan fingerprint density at radius 3 is 2.92 bits per heavy atom. The van der Waals surface area contributed by atoms with E-state index in [2.05, 4.69) is 20.6 Å². The summed E-state index contributed by atoms with van der Waals surface area (Å²) in [5.41, 5.74) is 3.83. The Balaban J connectivity index is 1.14. The molecule has 0 bridgehead atoms. The third kappa shape index (κ3) is 6.35. The van der Waals surface area contributed by atoms with Gasteiger partial charge in [-0.15, -0.1) is 11.8 Å². The number of methoxy groups -OCH3 is 2. The van der Waals surface area contributed by atoms with Gasteiger partial charge in [-0.3, -0.25) is 9.69 Å². The van der Waals surface area contributed by atoms with Crippen LogP contribution in [0.2, 0.25) is 0 Å². The van der Waals surface area contributed by atoms with Crippen molar-refractivity contribution in [3.63, 3.8) is 0 Å². The summed E-state index contributed by atoms with van der Waals surface area (Å²) >= 11 is 1.49. The molecule has 3 aromatic rings. The van der Waals surface area contributed by atoms with Crippen LogP contribution in [0, 0.1) is 0 Å². The van der Waals surface area contributed by atoms with Crippen molar-refractivity contribution in [2.45, 2.75) is 30.4 Å². The zero-order valence-electron chi connectivity index (χ0n) is 21.9. The summed E-state index contributed by atoms with van der Waals surface area (Å²) in [7, 11) is 3.19. The summed E-state index contributed by atoms with van der Waals surface area (Å²) in [5.74, 6) is 1.45. The molecule has 0 radical (unpaired) electrons. The van der Waals surface area contributed by atoms with Gasteiger partial charge in [-0.1, -0.05) is 6.07 Å². The highest BCUT2D eigenvalue weighted by atomic mass is 32.2. The van der Waals surface area contributed by atoms with Crippen LogP contribution < -0.4 is 25.0 Å². The minimum absolute atomic E-state index is 0.0374. The second kappa shape index (κ2) is 12.5. The third-order valence-electron chi connectivity index (χ3n) is 6.45. The summed E-state index contributed by atoms with van der Waals surface area (Å²) < 4.78 is 21.8. The predicted octanol–water partition coefficient (Wildman–Crippen LogP) is 3.60. The van der Waals surface area contributed by atoms with Crippen LogP contribution in [0.15, 0.2) is 41.4 Å². The molecule has 0 saturated carbocycles. The summed E-state index contributed by atoms with van der Waals surface area (Å²) in [6, 6.07) is 9.53. The number of benzene rings is 2. The van der Waals surface area contributed by atoms with Crippen LogP contribution in [0.3, 0.4) is 0 Å². The second-order valence-corrected chi connectivity index (χ2v) is 10.1. The number of carbonyl (C=O) groups is 2. The van der Waals surface area contributed by atoms with E-state index in [1.165, 1.54) is 11.8 Å². The smallest absolute Gasteiger partial charge is 0.414 e. The average molecular weight is 554 g/mol. The number of anilines is 2. The molecule has 11 nitrogen and oxygen atoms in total. The van der Waals surface area contributed by atoms with Crippen molar-refractivity contribution in [2.75, 3.05) is 56.5 Å². The lowest BCUT2D eigenvalue weighted by atomic mass is 10.1. The van der Waals surface area contributed by atoms with Crippen molar-refractivity contribution in [2.24, 2.45) is 0 Å². The first-order valence-electron chi connectivity index (χ1n) is 12.8. The van der Waals surface area contributed by atoms with Crippen LogP contribution in [-0.4, -0.2) is 74.3 Å². The van der Waals surface area contributed by atoms with Gasteiger partial charge in [-0.25, -0.2) is 14.8 Å². The lowest BCUT2D eigenvalue weighted by Crippen LogP contribution is -2.25. The number of aromatic nitrogens is 2. The van der Waals surface area contributed by atoms with E-state index in [1.54, 1.807) is 25.3 Å². The van der Waals surface area contributed by atoms with Crippen molar-refractivity contribution in [3.8, 4) is 11.6 Å².